The van der Waals surface area contributed by atoms with Crippen molar-refractivity contribution in [2.24, 2.45) is 0 Å². The largest absolute Gasteiger partial charge is 0.465 e. The van der Waals surface area contributed by atoms with Gasteiger partial charge in [-0.15, -0.1) is 0 Å². The molecule has 2 rings (SSSR count). The van der Waals surface area contributed by atoms with Gasteiger partial charge in [0.1, 0.15) is 17.3 Å². The SMILES string of the molecule is CCNCc1cc(COCc2ccccc2F)c(C)o1. The average molecular weight is 277 g/mol. The van der Waals surface area contributed by atoms with E-state index in [-0.39, 0.29) is 12.4 Å². The number of hydrogen-bond acceptors (Lipinski definition) is 3. The molecule has 0 fully saturated rings. The van der Waals surface area contributed by atoms with Gasteiger partial charge in [-0.25, -0.2) is 4.39 Å². The molecule has 0 saturated carbocycles. The van der Waals surface area contributed by atoms with Gasteiger partial charge < -0.3 is 14.5 Å². The van der Waals surface area contributed by atoms with Crippen LogP contribution in [0.25, 0.3) is 0 Å². The van der Waals surface area contributed by atoms with Crippen LogP contribution < -0.4 is 5.32 Å². The fourth-order valence-corrected chi connectivity index (χ4v) is 1.95. The van der Waals surface area contributed by atoms with Crippen molar-refractivity contribution in [2.75, 3.05) is 6.54 Å². The number of aryl methyl sites for hydroxylation is 1. The van der Waals surface area contributed by atoms with E-state index in [0.29, 0.717) is 18.7 Å². The van der Waals surface area contributed by atoms with E-state index in [0.717, 1.165) is 23.6 Å². The van der Waals surface area contributed by atoms with E-state index < -0.39 is 0 Å². The minimum absolute atomic E-state index is 0.232. The summed E-state index contributed by atoms with van der Waals surface area (Å²) in [6, 6.07) is 8.63. The fraction of sp³-hybridized carbons (Fsp3) is 0.375. The Labute approximate surface area is 118 Å². The van der Waals surface area contributed by atoms with E-state index in [1.807, 2.05) is 19.9 Å². The highest BCUT2D eigenvalue weighted by Crippen LogP contribution is 2.17. The summed E-state index contributed by atoms with van der Waals surface area (Å²) in [7, 11) is 0. The number of ether oxygens (including phenoxy) is 1. The van der Waals surface area contributed by atoms with Crippen LogP contribution in [0.15, 0.2) is 34.7 Å². The molecule has 0 atom stereocenters. The van der Waals surface area contributed by atoms with Crippen molar-refractivity contribution in [3.8, 4) is 0 Å². The molecule has 0 saturated heterocycles. The van der Waals surface area contributed by atoms with Gasteiger partial charge >= 0.3 is 0 Å². The molecule has 0 amide bonds. The van der Waals surface area contributed by atoms with Gasteiger partial charge in [-0.3, -0.25) is 0 Å². The van der Waals surface area contributed by atoms with Gasteiger partial charge in [-0.05, 0) is 25.6 Å². The molecule has 2 aromatic rings. The van der Waals surface area contributed by atoms with E-state index in [2.05, 4.69) is 5.32 Å². The van der Waals surface area contributed by atoms with Crippen molar-refractivity contribution in [3.63, 3.8) is 0 Å². The lowest BCUT2D eigenvalue weighted by atomic mass is 10.2. The van der Waals surface area contributed by atoms with E-state index in [4.69, 9.17) is 9.15 Å². The number of hydrogen-bond donors (Lipinski definition) is 1. The Morgan fingerprint density at radius 1 is 1.20 bits per heavy atom. The van der Waals surface area contributed by atoms with Crippen LogP contribution in [0.3, 0.4) is 0 Å². The summed E-state index contributed by atoms with van der Waals surface area (Å²) in [5, 5.41) is 3.21. The molecular formula is C16H20FNO2. The van der Waals surface area contributed by atoms with E-state index in [1.165, 1.54) is 6.07 Å². The highest BCUT2D eigenvalue weighted by Gasteiger charge is 2.08. The second-order valence-corrected chi connectivity index (χ2v) is 4.66. The molecule has 0 radical (unpaired) electrons. The Hall–Kier alpha value is -1.65. The van der Waals surface area contributed by atoms with Crippen molar-refractivity contribution in [1.29, 1.82) is 0 Å². The summed E-state index contributed by atoms with van der Waals surface area (Å²) in [4.78, 5) is 0. The second-order valence-electron chi connectivity index (χ2n) is 4.66. The van der Waals surface area contributed by atoms with Crippen molar-refractivity contribution in [2.45, 2.75) is 33.6 Å². The Balaban J connectivity index is 1.88. The molecule has 1 heterocycles. The second kappa shape index (κ2) is 7.22. The van der Waals surface area contributed by atoms with Crippen LogP contribution in [-0.2, 0) is 24.5 Å². The molecule has 0 bridgehead atoms. The van der Waals surface area contributed by atoms with Gasteiger partial charge in [0.2, 0.25) is 0 Å². The van der Waals surface area contributed by atoms with Crippen molar-refractivity contribution >= 4 is 0 Å². The van der Waals surface area contributed by atoms with Crippen LogP contribution in [0.5, 0.6) is 0 Å². The van der Waals surface area contributed by atoms with Gasteiger partial charge in [0.05, 0.1) is 19.8 Å². The van der Waals surface area contributed by atoms with Gasteiger partial charge in [0, 0.05) is 11.1 Å². The van der Waals surface area contributed by atoms with Crippen molar-refractivity contribution in [1.82, 2.24) is 5.32 Å². The molecule has 3 nitrogen and oxygen atoms in total. The first-order valence-electron chi connectivity index (χ1n) is 6.80. The topological polar surface area (TPSA) is 34.4 Å². The predicted molar refractivity (Wildman–Crippen MR) is 75.7 cm³/mol. The van der Waals surface area contributed by atoms with E-state index >= 15 is 0 Å². The van der Waals surface area contributed by atoms with Crippen molar-refractivity contribution < 1.29 is 13.5 Å². The van der Waals surface area contributed by atoms with Crippen LogP contribution in [-0.4, -0.2) is 6.54 Å². The van der Waals surface area contributed by atoms with Crippen LogP contribution in [0, 0.1) is 12.7 Å². The van der Waals surface area contributed by atoms with Gasteiger partial charge in [0.25, 0.3) is 0 Å². The van der Waals surface area contributed by atoms with Gasteiger partial charge in [-0.1, -0.05) is 25.1 Å². The van der Waals surface area contributed by atoms with Crippen LogP contribution >= 0.6 is 0 Å². The number of nitrogens with one attached hydrogen (secondary N) is 1. The molecule has 1 aromatic carbocycles. The third-order valence-corrected chi connectivity index (χ3v) is 3.09. The Bertz CT molecular complexity index is 551. The summed E-state index contributed by atoms with van der Waals surface area (Å²) in [6.45, 7) is 6.27. The monoisotopic (exact) mass is 277 g/mol. The third-order valence-electron chi connectivity index (χ3n) is 3.09. The molecule has 1 aromatic heterocycles. The predicted octanol–water partition coefficient (Wildman–Crippen LogP) is 3.55. The first-order chi connectivity index (χ1) is 9.70. The lowest BCUT2D eigenvalue weighted by molar-refractivity contribution is 0.104. The zero-order valence-corrected chi connectivity index (χ0v) is 11.9. The molecule has 0 aliphatic carbocycles. The maximum Gasteiger partial charge on any atom is 0.128 e. The Kier molecular flexibility index (Phi) is 5.32. The summed E-state index contributed by atoms with van der Waals surface area (Å²) in [6.07, 6.45) is 0. The summed E-state index contributed by atoms with van der Waals surface area (Å²) < 4.78 is 24.6. The molecule has 1 N–H and O–H groups in total. The van der Waals surface area contributed by atoms with E-state index in [1.54, 1.807) is 18.2 Å². The van der Waals surface area contributed by atoms with Crippen LogP contribution in [0.4, 0.5) is 4.39 Å². The highest BCUT2D eigenvalue weighted by atomic mass is 19.1. The van der Waals surface area contributed by atoms with Gasteiger partial charge in [-0.2, -0.15) is 0 Å². The first-order valence-corrected chi connectivity index (χ1v) is 6.80. The first kappa shape index (κ1) is 14.8. The molecular weight excluding hydrogens is 257 g/mol. The van der Waals surface area contributed by atoms with E-state index in [9.17, 15) is 4.39 Å². The van der Waals surface area contributed by atoms with Crippen LogP contribution in [0.1, 0.15) is 29.6 Å². The lowest BCUT2D eigenvalue weighted by Crippen LogP contribution is -2.10. The number of benzene rings is 1. The molecule has 4 heteroatoms. The average Bonchev–Trinajstić information content (AvgIpc) is 2.79. The zero-order valence-electron chi connectivity index (χ0n) is 11.9. The maximum atomic E-state index is 13.4. The minimum Gasteiger partial charge on any atom is -0.465 e. The minimum atomic E-state index is -0.232. The molecule has 0 aliphatic rings. The fourth-order valence-electron chi connectivity index (χ4n) is 1.95. The molecule has 108 valence electrons. The standard InChI is InChI=1S/C16H20FNO2/c1-3-18-9-15-8-14(12(2)20-15)11-19-10-13-6-4-5-7-16(13)17/h4-8,18H,3,9-11H2,1-2H3. The summed E-state index contributed by atoms with van der Waals surface area (Å²) in [5.74, 6) is 1.52. The molecule has 0 spiro atoms. The molecule has 0 unspecified atom stereocenters. The third kappa shape index (κ3) is 3.92. The quantitative estimate of drug-likeness (QED) is 0.840. The molecule has 0 aliphatic heterocycles. The molecule has 20 heavy (non-hydrogen) atoms. The maximum absolute atomic E-state index is 13.4. The van der Waals surface area contributed by atoms with Gasteiger partial charge in [0.15, 0.2) is 0 Å². The number of halogens is 1. The van der Waals surface area contributed by atoms with Crippen molar-refractivity contribution in [3.05, 3.63) is 58.8 Å². The van der Waals surface area contributed by atoms with Crippen LogP contribution in [0.2, 0.25) is 0 Å². The Morgan fingerprint density at radius 3 is 2.70 bits per heavy atom. The zero-order chi connectivity index (χ0) is 14.4. The number of furan rings is 1. The normalized spacial score (nSPS) is 10.9. The Morgan fingerprint density at radius 2 is 1.95 bits per heavy atom. The smallest absolute Gasteiger partial charge is 0.128 e. The summed E-state index contributed by atoms with van der Waals surface area (Å²) >= 11 is 0. The highest BCUT2D eigenvalue weighted by molar-refractivity contribution is 5.20. The summed E-state index contributed by atoms with van der Waals surface area (Å²) in [5.41, 5.74) is 1.58. The lowest BCUT2D eigenvalue weighted by Gasteiger charge is -2.04. The number of rotatable bonds is 7.